The maximum atomic E-state index is 11.9. The molecule has 0 heterocycles. The summed E-state index contributed by atoms with van der Waals surface area (Å²) in [6.07, 6.45) is 1.39. The first-order valence-corrected chi connectivity index (χ1v) is 5.54. The van der Waals surface area contributed by atoms with E-state index in [0.29, 0.717) is 19.4 Å². The van der Waals surface area contributed by atoms with E-state index in [-0.39, 0.29) is 11.4 Å². The number of carbonyl (C=O) groups is 1. The second-order valence-corrected chi connectivity index (χ2v) is 5.88. The fourth-order valence-electron chi connectivity index (χ4n) is 2.68. The van der Waals surface area contributed by atoms with Crippen molar-refractivity contribution >= 4 is 5.97 Å². The van der Waals surface area contributed by atoms with E-state index in [1.54, 1.807) is 20.8 Å². The zero-order valence-corrected chi connectivity index (χ0v) is 10.4. The average Bonchev–Trinajstić information content (AvgIpc) is 1.97. The fraction of sp³-hybridized carbons (Fsp3) is 0.917. The molecule has 88 valence electrons. The van der Waals surface area contributed by atoms with Gasteiger partial charge in [0.05, 0.1) is 17.6 Å². The summed E-state index contributed by atoms with van der Waals surface area (Å²) in [5.41, 5.74) is -1.58. The number of carbonyl (C=O) groups excluding carboxylic acids is 1. The van der Waals surface area contributed by atoms with Gasteiger partial charge in [0.15, 0.2) is 0 Å². The third kappa shape index (κ3) is 2.03. The Labute approximate surface area is 91.8 Å². The second-order valence-electron chi connectivity index (χ2n) is 5.88. The maximum absolute atomic E-state index is 11.9. The number of aliphatic hydroxyl groups is 1. The van der Waals surface area contributed by atoms with Gasteiger partial charge in [-0.05, 0) is 39.0 Å². The van der Waals surface area contributed by atoms with Crippen LogP contribution in [-0.4, -0.2) is 23.3 Å². The molecule has 1 fully saturated rings. The predicted octanol–water partition coefficient (Wildman–Crippen LogP) is 2.13. The highest BCUT2D eigenvalue weighted by atomic mass is 16.5. The molecular weight excluding hydrogens is 192 g/mol. The molecule has 1 N–H and O–H groups in total. The Kier molecular flexibility index (Phi) is 2.90. The van der Waals surface area contributed by atoms with Crippen molar-refractivity contribution in [2.75, 3.05) is 6.61 Å². The summed E-state index contributed by atoms with van der Waals surface area (Å²) in [5, 5.41) is 10.1. The third-order valence-electron chi connectivity index (χ3n) is 3.40. The summed E-state index contributed by atoms with van der Waals surface area (Å²) < 4.78 is 5.07. The first kappa shape index (κ1) is 12.5. The van der Waals surface area contributed by atoms with Crippen molar-refractivity contribution in [2.45, 2.75) is 53.1 Å². The smallest absolute Gasteiger partial charge is 0.315 e. The molecule has 0 aromatic rings. The van der Waals surface area contributed by atoms with Crippen LogP contribution in [0.5, 0.6) is 0 Å². The van der Waals surface area contributed by atoms with E-state index < -0.39 is 11.0 Å². The molecular formula is C12H22O3. The van der Waals surface area contributed by atoms with E-state index >= 15 is 0 Å². The van der Waals surface area contributed by atoms with Gasteiger partial charge in [0, 0.05) is 0 Å². The van der Waals surface area contributed by atoms with Crippen molar-refractivity contribution in [3.05, 3.63) is 0 Å². The van der Waals surface area contributed by atoms with Crippen molar-refractivity contribution in [1.29, 1.82) is 0 Å². The van der Waals surface area contributed by atoms with Gasteiger partial charge in [-0.2, -0.15) is 0 Å². The molecule has 1 saturated carbocycles. The summed E-state index contributed by atoms with van der Waals surface area (Å²) in [5.74, 6) is -0.253. The van der Waals surface area contributed by atoms with Crippen LogP contribution in [0.15, 0.2) is 0 Å². The number of hydrogen-bond acceptors (Lipinski definition) is 3. The molecule has 0 unspecified atom stereocenters. The highest BCUT2D eigenvalue weighted by Gasteiger charge is 2.62. The Morgan fingerprint density at radius 2 is 1.87 bits per heavy atom. The van der Waals surface area contributed by atoms with Crippen molar-refractivity contribution in [1.82, 2.24) is 0 Å². The third-order valence-corrected chi connectivity index (χ3v) is 3.40. The SMILES string of the molecule is CCOC(=O)C1(C(C)(C)O)CC(C)(C)C1. The molecule has 1 aliphatic rings. The Morgan fingerprint density at radius 3 is 2.13 bits per heavy atom. The highest BCUT2D eigenvalue weighted by Crippen LogP contribution is 2.59. The lowest BCUT2D eigenvalue weighted by atomic mass is 9.49. The van der Waals surface area contributed by atoms with E-state index in [2.05, 4.69) is 13.8 Å². The summed E-state index contributed by atoms with van der Waals surface area (Å²) >= 11 is 0. The topological polar surface area (TPSA) is 46.5 Å². The van der Waals surface area contributed by atoms with Gasteiger partial charge in [-0.15, -0.1) is 0 Å². The standard InChI is InChI=1S/C12H22O3/c1-6-15-9(13)12(11(4,5)14)7-10(2,3)8-12/h14H,6-8H2,1-5H3. The minimum atomic E-state index is -1.01. The number of rotatable bonds is 3. The van der Waals surface area contributed by atoms with Crippen LogP contribution in [-0.2, 0) is 9.53 Å². The Balaban J connectivity index is 2.87. The van der Waals surface area contributed by atoms with Crippen LogP contribution >= 0.6 is 0 Å². The van der Waals surface area contributed by atoms with Crippen molar-refractivity contribution in [3.8, 4) is 0 Å². The number of ether oxygens (including phenoxy) is 1. The maximum Gasteiger partial charge on any atom is 0.315 e. The summed E-state index contributed by atoms with van der Waals surface area (Å²) in [4.78, 5) is 11.9. The molecule has 3 nitrogen and oxygen atoms in total. The molecule has 3 heteroatoms. The molecule has 0 radical (unpaired) electrons. The molecule has 1 rings (SSSR count). The first-order chi connectivity index (χ1) is 6.65. The summed E-state index contributed by atoms with van der Waals surface area (Å²) in [6.45, 7) is 9.77. The first-order valence-electron chi connectivity index (χ1n) is 5.54. The van der Waals surface area contributed by atoms with E-state index in [4.69, 9.17) is 4.74 Å². The van der Waals surface area contributed by atoms with Gasteiger partial charge in [0.2, 0.25) is 0 Å². The van der Waals surface area contributed by atoms with Crippen LogP contribution in [0.4, 0.5) is 0 Å². The van der Waals surface area contributed by atoms with Crippen LogP contribution in [0, 0.1) is 10.8 Å². The number of hydrogen-bond donors (Lipinski definition) is 1. The molecule has 0 aromatic heterocycles. The lowest BCUT2D eigenvalue weighted by Gasteiger charge is -2.56. The average molecular weight is 214 g/mol. The highest BCUT2D eigenvalue weighted by molar-refractivity contribution is 5.80. The minimum absolute atomic E-state index is 0.132. The Morgan fingerprint density at radius 1 is 1.40 bits per heavy atom. The lowest BCUT2D eigenvalue weighted by molar-refractivity contribution is -0.202. The fourth-order valence-corrected chi connectivity index (χ4v) is 2.68. The van der Waals surface area contributed by atoms with Crippen LogP contribution < -0.4 is 0 Å². The van der Waals surface area contributed by atoms with Crippen LogP contribution in [0.3, 0.4) is 0 Å². The van der Waals surface area contributed by atoms with E-state index in [1.807, 2.05) is 0 Å². The van der Waals surface area contributed by atoms with Crippen molar-refractivity contribution in [2.24, 2.45) is 10.8 Å². The molecule has 0 aliphatic heterocycles. The van der Waals surface area contributed by atoms with Gasteiger partial charge in [-0.1, -0.05) is 13.8 Å². The van der Waals surface area contributed by atoms with Gasteiger partial charge < -0.3 is 9.84 Å². The van der Waals surface area contributed by atoms with E-state index in [0.717, 1.165) is 0 Å². The molecule has 1 aliphatic carbocycles. The number of esters is 1. The van der Waals surface area contributed by atoms with Crippen LogP contribution in [0.25, 0.3) is 0 Å². The molecule has 0 spiro atoms. The largest absolute Gasteiger partial charge is 0.465 e. The van der Waals surface area contributed by atoms with Gasteiger partial charge in [-0.25, -0.2) is 0 Å². The van der Waals surface area contributed by atoms with Gasteiger partial charge in [-0.3, -0.25) is 4.79 Å². The van der Waals surface area contributed by atoms with Gasteiger partial charge in [0.25, 0.3) is 0 Å². The normalized spacial score (nSPS) is 23.1. The Bertz CT molecular complexity index is 253. The summed E-state index contributed by atoms with van der Waals surface area (Å²) in [6, 6.07) is 0. The summed E-state index contributed by atoms with van der Waals surface area (Å²) in [7, 11) is 0. The van der Waals surface area contributed by atoms with E-state index in [1.165, 1.54) is 0 Å². The van der Waals surface area contributed by atoms with Crippen molar-refractivity contribution in [3.63, 3.8) is 0 Å². The zero-order valence-electron chi connectivity index (χ0n) is 10.4. The van der Waals surface area contributed by atoms with Gasteiger partial charge in [0.1, 0.15) is 0 Å². The van der Waals surface area contributed by atoms with Crippen LogP contribution in [0.2, 0.25) is 0 Å². The molecule has 0 atom stereocenters. The zero-order chi connectivity index (χ0) is 11.9. The van der Waals surface area contributed by atoms with E-state index in [9.17, 15) is 9.90 Å². The molecule has 15 heavy (non-hydrogen) atoms. The predicted molar refractivity (Wildman–Crippen MR) is 58.4 cm³/mol. The lowest BCUT2D eigenvalue weighted by Crippen LogP contribution is -2.60. The van der Waals surface area contributed by atoms with Crippen LogP contribution in [0.1, 0.15) is 47.5 Å². The molecule has 0 aromatic carbocycles. The van der Waals surface area contributed by atoms with Gasteiger partial charge >= 0.3 is 5.97 Å². The quantitative estimate of drug-likeness (QED) is 0.732. The Hall–Kier alpha value is -0.570. The molecule has 0 amide bonds. The minimum Gasteiger partial charge on any atom is -0.465 e. The monoisotopic (exact) mass is 214 g/mol. The molecule has 0 saturated heterocycles. The van der Waals surface area contributed by atoms with Crippen molar-refractivity contribution < 1.29 is 14.6 Å². The molecule has 0 bridgehead atoms. The second kappa shape index (κ2) is 3.48.